The van der Waals surface area contributed by atoms with Crippen LogP contribution >= 0.6 is 0 Å². The SMILES string of the molecule is CC(C)CC(N)C(=O)NCCc1cccc(C(=O)O)c1. The van der Waals surface area contributed by atoms with Crippen molar-refractivity contribution in [3.8, 4) is 0 Å². The van der Waals surface area contributed by atoms with E-state index in [1.165, 1.54) is 0 Å². The predicted octanol–water partition coefficient (Wildman–Crippen LogP) is 1.42. The summed E-state index contributed by atoms with van der Waals surface area (Å²) in [4.78, 5) is 22.6. The molecule has 1 atom stereocenters. The zero-order chi connectivity index (χ0) is 15.1. The zero-order valence-electron chi connectivity index (χ0n) is 11.9. The van der Waals surface area contributed by atoms with E-state index in [0.29, 0.717) is 25.3 Å². The van der Waals surface area contributed by atoms with Crippen molar-refractivity contribution in [2.75, 3.05) is 6.54 Å². The normalized spacial score (nSPS) is 12.2. The van der Waals surface area contributed by atoms with Crippen molar-refractivity contribution in [3.05, 3.63) is 35.4 Å². The van der Waals surface area contributed by atoms with Crippen LogP contribution in [0.4, 0.5) is 0 Å². The Kier molecular flexibility index (Phi) is 6.18. The maximum Gasteiger partial charge on any atom is 0.335 e. The molecule has 0 aromatic heterocycles. The first kappa shape index (κ1) is 16.2. The van der Waals surface area contributed by atoms with Crippen LogP contribution in [0.15, 0.2) is 24.3 Å². The van der Waals surface area contributed by atoms with Gasteiger partial charge in [0.1, 0.15) is 0 Å². The summed E-state index contributed by atoms with van der Waals surface area (Å²) >= 11 is 0. The molecule has 110 valence electrons. The van der Waals surface area contributed by atoms with Gasteiger partial charge in [-0.05, 0) is 36.5 Å². The van der Waals surface area contributed by atoms with Gasteiger partial charge in [-0.1, -0.05) is 26.0 Å². The fraction of sp³-hybridized carbons (Fsp3) is 0.467. The highest BCUT2D eigenvalue weighted by Gasteiger charge is 2.14. The average molecular weight is 278 g/mol. The van der Waals surface area contributed by atoms with Gasteiger partial charge in [-0.15, -0.1) is 0 Å². The van der Waals surface area contributed by atoms with Gasteiger partial charge in [0, 0.05) is 6.54 Å². The number of carboxylic acids is 1. The minimum atomic E-state index is -0.949. The van der Waals surface area contributed by atoms with E-state index < -0.39 is 12.0 Å². The average Bonchev–Trinajstić information content (AvgIpc) is 2.38. The first-order chi connectivity index (χ1) is 9.40. The van der Waals surface area contributed by atoms with Gasteiger partial charge in [-0.2, -0.15) is 0 Å². The Morgan fingerprint density at radius 2 is 2.05 bits per heavy atom. The van der Waals surface area contributed by atoms with Crippen LogP contribution in [0.2, 0.25) is 0 Å². The van der Waals surface area contributed by atoms with E-state index in [1.807, 2.05) is 19.9 Å². The molecule has 0 spiro atoms. The van der Waals surface area contributed by atoms with E-state index in [0.717, 1.165) is 5.56 Å². The lowest BCUT2D eigenvalue weighted by Gasteiger charge is -2.14. The summed E-state index contributed by atoms with van der Waals surface area (Å²) in [5.41, 5.74) is 6.90. The summed E-state index contributed by atoms with van der Waals surface area (Å²) in [5.74, 6) is -0.731. The molecule has 1 aromatic rings. The molecule has 1 rings (SSSR count). The highest BCUT2D eigenvalue weighted by Crippen LogP contribution is 2.06. The first-order valence-electron chi connectivity index (χ1n) is 6.75. The van der Waals surface area contributed by atoms with Gasteiger partial charge in [-0.25, -0.2) is 4.79 Å². The molecule has 0 aliphatic carbocycles. The molecule has 5 nitrogen and oxygen atoms in total. The summed E-state index contributed by atoms with van der Waals surface area (Å²) in [6, 6.07) is 6.21. The summed E-state index contributed by atoms with van der Waals surface area (Å²) in [6.45, 7) is 4.49. The second-order valence-electron chi connectivity index (χ2n) is 5.28. The third-order valence-corrected chi connectivity index (χ3v) is 2.95. The molecule has 5 heteroatoms. The van der Waals surface area contributed by atoms with Crippen molar-refractivity contribution in [2.45, 2.75) is 32.7 Å². The number of nitrogens with one attached hydrogen (secondary N) is 1. The molecular weight excluding hydrogens is 256 g/mol. The standard InChI is InChI=1S/C15H22N2O3/c1-10(2)8-13(16)14(18)17-7-6-11-4-3-5-12(9-11)15(19)20/h3-5,9-10,13H,6-8,16H2,1-2H3,(H,17,18)(H,19,20). The molecular formula is C15H22N2O3. The van der Waals surface area contributed by atoms with Crippen molar-refractivity contribution in [2.24, 2.45) is 11.7 Å². The molecule has 4 N–H and O–H groups in total. The van der Waals surface area contributed by atoms with Gasteiger partial charge >= 0.3 is 5.97 Å². The third kappa shape index (κ3) is 5.40. The van der Waals surface area contributed by atoms with Crippen LogP contribution in [0.1, 0.15) is 36.2 Å². The second-order valence-corrected chi connectivity index (χ2v) is 5.28. The van der Waals surface area contributed by atoms with Crippen LogP contribution < -0.4 is 11.1 Å². The van der Waals surface area contributed by atoms with Crippen molar-refractivity contribution in [3.63, 3.8) is 0 Å². The fourth-order valence-corrected chi connectivity index (χ4v) is 1.94. The molecule has 0 bridgehead atoms. The number of amides is 1. The second kappa shape index (κ2) is 7.65. The number of carbonyl (C=O) groups excluding carboxylic acids is 1. The Morgan fingerprint density at radius 3 is 2.65 bits per heavy atom. The highest BCUT2D eigenvalue weighted by atomic mass is 16.4. The first-order valence-corrected chi connectivity index (χ1v) is 6.75. The summed E-state index contributed by atoms with van der Waals surface area (Å²) in [6.07, 6.45) is 1.24. The Bertz CT molecular complexity index is 472. The zero-order valence-corrected chi connectivity index (χ0v) is 11.9. The molecule has 1 aromatic carbocycles. The maximum atomic E-state index is 11.7. The Morgan fingerprint density at radius 1 is 1.35 bits per heavy atom. The molecule has 0 saturated carbocycles. The van der Waals surface area contributed by atoms with E-state index in [2.05, 4.69) is 5.32 Å². The van der Waals surface area contributed by atoms with Crippen LogP contribution in [0.5, 0.6) is 0 Å². The lowest BCUT2D eigenvalue weighted by atomic mass is 10.0. The van der Waals surface area contributed by atoms with Crippen LogP contribution in [0, 0.1) is 5.92 Å². The lowest BCUT2D eigenvalue weighted by Crippen LogP contribution is -2.42. The lowest BCUT2D eigenvalue weighted by molar-refractivity contribution is -0.122. The Labute approximate surface area is 119 Å². The van der Waals surface area contributed by atoms with Crippen molar-refractivity contribution >= 4 is 11.9 Å². The van der Waals surface area contributed by atoms with Gasteiger partial charge in [0.15, 0.2) is 0 Å². The van der Waals surface area contributed by atoms with Crippen LogP contribution in [-0.2, 0) is 11.2 Å². The van der Waals surface area contributed by atoms with Gasteiger partial charge in [0.2, 0.25) is 5.91 Å². The molecule has 1 unspecified atom stereocenters. The van der Waals surface area contributed by atoms with Gasteiger partial charge in [-0.3, -0.25) is 4.79 Å². The minimum Gasteiger partial charge on any atom is -0.478 e. The number of benzene rings is 1. The topological polar surface area (TPSA) is 92.4 Å². The number of carboxylic acid groups (broad SMARTS) is 1. The van der Waals surface area contributed by atoms with E-state index in [1.54, 1.807) is 18.2 Å². The molecule has 1 amide bonds. The highest BCUT2D eigenvalue weighted by molar-refractivity contribution is 5.87. The predicted molar refractivity (Wildman–Crippen MR) is 77.5 cm³/mol. The smallest absolute Gasteiger partial charge is 0.335 e. The third-order valence-electron chi connectivity index (χ3n) is 2.95. The number of hydrogen-bond donors (Lipinski definition) is 3. The van der Waals surface area contributed by atoms with Crippen molar-refractivity contribution in [1.29, 1.82) is 0 Å². The monoisotopic (exact) mass is 278 g/mol. The molecule has 0 aliphatic heterocycles. The number of nitrogens with two attached hydrogens (primary N) is 1. The van der Waals surface area contributed by atoms with Crippen LogP contribution in [0.25, 0.3) is 0 Å². The maximum absolute atomic E-state index is 11.7. The minimum absolute atomic E-state index is 0.159. The van der Waals surface area contributed by atoms with E-state index >= 15 is 0 Å². The molecule has 0 heterocycles. The number of rotatable bonds is 7. The van der Waals surface area contributed by atoms with Gasteiger partial charge < -0.3 is 16.2 Å². The number of hydrogen-bond acceptors (Lipinski definition) is 3. The van der Waals surface area contributed by atoms with Crippen LogP contribution in [-0.4, -0.2) is 29.6 Å². The van der Waals surface area contributed by atoms with Crippen LogP contribution in [0.3, 0.4) is 0 Å². The van der Waals surface area contributed by atoms with Gasteiger partial charge in [0.25, 0.3) is 0 Å². The summed E-state index contributed by atoms with van der Waals surface area (Å²) in [7, 11) is 0. The molecule has 0 saturated heterocycles. The number of aromatic carboxylic acids is 1. The molecule has 20 heavy (non-hydrogen) atoms. The van der Waals surface area contributed by atoms with Crippen molar-refractivity contribution in [1.82, 2.24) is 5.32 Å². The molecule has 0 aliphatic rings. The van der Waals surface area contributed by atoms with E-state index in [9.17, 15) is 9.59 Å². The Hall–Kier alpha value is -1.88. The quantitative estimate of drug-likeness (QED) is 0.703. The molecule has 0 radical (unpaired) electrons. The Balaban J connectivity index is 2.42. The summed E-state index contributed by atoms with van der Waals surface area (Å²) in [5, 5.41) is 11.7. The fourth-order valence-electron chi connectivity index (χ4n) is 1.94. The molecule has 0 fully saturated rings. The summed E-state index contributed by atoms with van der Waals surface area (Å²) < 4.78 is 0. The van der Waals surface area contributed by atoms with Gasteiger partial charge in [0.05, 0.1) is 11.6 Å². The van der Waals surface area contributed by atoms with E-state index in [4.69, 9.17) is 10.8 Å². The number of carbonyl (C=O) groups is 2. The largest absolute Gasteiger partial charge is 0.478 e. The van der Waals surface area contributed by atoms with E-state index in [-0.39, 0.29) is 11.5 Å². The van der Waals surface area contributed by atoms with Crippen molar-refractivity contribution < 1.29 is 14.7 Å².